The highest BCUT2D eigenvalue weighted by Crippen LogP contribution is 2.33. The second-order valence-corrected chi connectivity index (χ2v) is 7.17. The standard InChI is InChI=1S/C17H12ClNO4S2/c1-22-15(20)9-19-16(21)14(25-17(19)24)8-12-5-6-13(23-12)10-3-2-4-11(18)7-10/h2-8H,9H2,1H3/b14-8-. The van der Waals surface area contributed by atoms with Crippen LogP contribution < -0.4 is 0 Å². The average molecular weight is 394 g/mol. The summed E-state index contributed by atoms with van der Waals surface area (Å²) in [4.78, 5) is 25.3. The first-order valence-electron chi connectivity index (χ1n) is 7.16. The summed E-state index contributed by atoms with van der Waals surface area (Å²) in [5, 5.41) is 0.610. The summed E-state index contributed by atoms with van der Waals surface area (Å²) in [5.74, 6) is 0.271. The van der Waals surface area contributed by atoms with Gasteiger partial charge in [0.25, 0.3) is 5.91 Å². The van der Waals surface area contributed by atoms with Gasteiger partial charge in [-0.15, -0.1) is 0 Å². The fraction of sp³-hybridized carbons (Fsp3) is 0.118. The molecule has 25 heavy (non-hydrogen) atoms. The van der Waals surface area contributed by atoms with E-state index in [1.807, 2.05) is 12.1 Å². The normalized spacial score (nSPS) is 15.9. The van der Waals surface area contributed by atoms with Gasteiger partial charge < -0.3 is 9.15 Å². The molecule has 1 aromatic heterocycles. The first-order valence-corrected chi connectivity index (χ1v) is 8.76. The molecule has 1 aromatic carbocycles. The zero-order valence-corrected chi connectivity index (χ0v) is 15.4. The van der Waals surface area contributed by atoms with Gasteiger partial charge in [-0.3, -0.25) is 14.5 Å². The maximum Gasteiger partial charge on any atom is 0.325 e. The molecule has 0 spiro atoms. The van der Waals surface area contributed by atoms with Crippen LogP contribution in [-0.4, -0.2) is 34.8 Å². The van der Waals surface area contributed by atoms with E-state index in [0.29, 0.717) is 25.8 Å². The third-order valence-electron chi connectivity index (χ3n) is 3.40. The molecule has 1 fully saturated rings. The maximum atomic E-state index is 12.4. The van der Waals surface area contributed by atoms with Gasteiger partial charge >= 0.3 is 5.97 Å². The first kappa shape index (κ1) is 17.7. The third kappa shape index (κ3) is 3.95. The molecule has 1 amide bonds. The minimum Gasteiger partial charge on any atom is -0.468 e. The van der Waals surface area contributed by atoms with Crippen molar-refractivity contribution in [1.29, 1.82) is 0 Å². The number of ether oxygens (including phenoxy) is 1. The summed E-state index contributed by atoms with van der Waals surface area (Å²) < 4.78 is 10.6. The largest absolute Gasteiger partial charge is 0.468 e. The number of hydrogen-bond acceptors (Lipinski definition) is 6. The number of thioether (sulfide) groups is 1. The molecule has 0 saturated carbocycles. The number of benzene rings is 1. The highest BCUT2D eigenvalue weighted by molar-refractivity contribution is 8.26. The Morgan fingerprint density at radius 1 is 1.40 bits per heavy atom. The van der Waals surface area contributed by atoms with E-state index in [1.165, 1.54) is 12.0 Å². The van der Waals surface area contributed by atoms with Crippen molar-refractivity contribution in [2.45, 2.75) is 0 Å². The van der Waals surface area contributed by atoms with Crippen molar-refractivity contribution in [1.82, 2.24) is 4.90 Å². The number of esters is 1. The van der Waals surface area contributed by atoms with E-state index in [2.05, 4.69) is 4.74 Å². The first-order chi connectivity index (χ1) is 12.0. The Hall–Kier alpha value is -2.09. The lowest BCUT2D eigenvalue weighted by Crippen LogP contribution is -2.33. The lowest BCUT2D eigenvalue weighted by atomic mass is 10.2. The van der Waals surface area contributed by atoms with Gasteiger partial charge in [-0.25, -0.2) is 0 Å². The number of furan rings is 1. The second kappa shape index (κ2) is 7.43. The van der Waals surface area contributed by atoms with Crippen LogP contribution in [0.2, 0.25) is 5.02 Å². The average Bonchev–Trinajstić information content (AvgIpc) is 3.15. The van der Waals surface area contributed by atoms with Gasteiger partial charge in [0.2, 0.25) is 0 Å². The van der Waals surface area contributed by atoms with Gasteiger partial charge in [0.1, 0.15) is 22.4 Å². The van der Waals surface area contributed by atoms with Crippen molar-refractivity contribution in [2.75, 3.05) is 13.7 Å². The molecule has 2 aromatic rings. The zero-order chi connectivity index (χ0) is 18.0. The van der Waals surface area contributed by atoms with Crippen molar-refractivity contribution in [3.8, 4) is 11.3 Å². The number of carbonyl (C=O) groups is 2. The summed E-state index contributed by atoms with van der Waals surface area (Å²) >= 11 is 12.2. The topological polar surface area (TPSA) is 59.8 Å². The van der Waals surface area contributed by atoms with Gasteiger partial charge in [-0.05, 0) is 24.3 Å². The van der Waals surface area contributed by atoms with Crippen LogP contribution in [0.15, 0.2) is 45.7 Å². The second-order valence-electron chi connectivity index (χ2n) is 5.06. The predicted molar refractivity (Wildman–Crippen MR) is 101 cm³/mol. The molecule has 128 valence electrons. The molecule has 0 atom stereocenters. The van der Waals surface area contributed by atoms with Gasteiger partial charge in [0.15, 0.2) is 0 Å². The van der Waals surface area contributed by atoms with Crippen molar-refractivity contribution in [2.24, 2.45) is 0 Å². The van der Waals surface area contributed by atoms with Crippen molar-refractivity contribution < 1.29 is 18.7 Å². The molecule has 1 saturated heterocycles. The lowest BCUT2D eigenvalue weighted by Gasteiger charge is -2.11. The van der Waals surface area contributed by atoms with E-state index in [1.54, 1.807) is 30.3 Å². The number of methoxy groups -OCH3 is 1. The van der Waals surface area contributed by atoms with E-state index >= 15 is 0 Å². The van der Waals surface area contributed by atoms with Gasteiger partial charge in [0.05, 0.1) is 12.0 Å². The molecule has 3 rings (SSSR count). The highest BCUT2D eigenvalue weighted by Gasteiger charge is 2.33. The molecule has 2 heterocycles. The predicted octanol–water partition coefficient (Wildman–Crippen LogP) is 3.97. The number of thiocarbonyl (C=S) groups is 1. The van der Waals surface area contributed by atoms with Crippen LogP contribution in [0.1, 0.15) is 5.76 Å². The van der Waals surface area contributed by atoms with Crippen molar-refractivity contribution in [3.63, 3.8) is 0 Å². The Morgan fingerprint density at radius 3 is 2.92 bits per heavy atom. The van der Waals surface area contributed by atoms with E-state index in [9.17, 15) is 9.59 Å². The van der Waals surface area contributed by atoms with E-state index in [0.717, 1.165) is 17.3 Å². The molecule has 0 bridgehead atoms. The molecule has 0 unspecified atom stereocenters. The number of rotatable bonds is 4. The summed E-state index contributed by atoms with van der Waals surface area (Å²) in [6.45, 7) is -0.204. The lowest BCUT2D eigenvalue weighted by molar-refractivity contribution is -0.143. The Balaban J connectivity index is 1.81. The van der Waals surface area contributed by atoms with Crippen LogP contribution in [-0.2, 0) is 14.3 Å². The smallest absolute Gasteiger partial charge is 0.325 e. The quantitative estimate of drug-likeness (QED) is 0.445. The minimum atomic E-state index is -0.529. The van der Waals surface area contributed by atoms with Crippen LogP contribution in [0.5, 0.6) is 0 Å². The van der Waals surface area contributed by atoms with Crippen LogP contribution >= 0.6 is 35.6 Å². The fourth-order valence-corrected chi connectivity index (χ4v) is 3.61. The van der Waals surface area contributed by atoms with Gasteiger partial charge in [-0.2, -0.15) is 0 Å². The van der Waals surface area contributed by atoms with Crippen LogP contribution in [0.25, 0.3) is 17.4 Å². The zero-order valence-electron chi connectivity index (χ0n) is 13.0. The number of amides is 1. The van der Waals surface area contributed by atoms with Crippen LogP contribution in [0, 0.1) is 0 Å². The summed E-state index contributed by atoms with van der Waals surface area (Å²) in [6, 6.07) is 10.8. The number of nitrogens with zero attached hydrogens (tertiary/aromatic N) is 1. The summed E-state index contributed by atoms with van der Waals surface area (Å²) in [5.41, 5.74) is 0.838. The molecule has 0 radical (unpaired) electrons. The van der Waals surface area contributed by atoms with Crippen molar-refractivity contribution in [3.05, 3.63) is 52.1 Å². The van der Waals surface area contributed by atoms with Crippen molar-refractivity contribution >= 4 is 57.9 Å². The summed E-state index contributed by atoms with van der Waals surface area (Å²) in [6.07, 6.45) is 1.60. The minimum absolute atomic E-state index is 0.204. The molecular weight excluding hydrogens is 382 g/mol. The Labute approximate surface area is 158 Å². The monoisotopic (exact) mass is 393 g/mol. The Kier molecular flexibility index (Phi) is 5.27. The van der Waals surface area contributed by atoms with E-state index < -0.39 is 5.97 Å². The highest BCUT2D eigenvalue weighted by atomic mass is 35.5. The van der Waals surface area contributed by atoms with Crippen LogP contribution in [0.3, 0.4) is 0 Å². The number of hydrogen-bond donors (Lipinski definition) is 0. The molecular formula is C17H12ClNO4S2. The molecule has 0 N–H and O–H groups in total. The van der Waals surface area contributed by atoms with Gasteiger partial charge in [0, 0.05) is 16.7 Å². The summed E-state index contributed by atoms with van der Waals surface area (Å²) in [7, 11) is 1.26. The molecule has 0 aliphatic carbocycles. The molecule has 8 heteroatoms. The van der Waals surface area contributed by atoms with Crippen LogP contribution in [0.4, 0.5) is 0 Å². The Bertz CT molecular complexity index is 890. The molecule has 1 aliphatic rings. The van der Waals surface area contributed by atoms with E-state index in [4.69, 9.17) is 28.2 Å². The SMILES string of the molecule is COC(=O)CN1C(=O)/C(=C/c2ccc(-c3cccc(Cl)c3)o2)SC1=S. The number of halogens is 1. The third-order valence-corrected chi connectivity index (χ3v) is 5.01. The van der Waals surface area contributed by atoms with E-state index in [-0.39, 0.29) is 12.5 Å². The molecule has 5 nitrogen and oxygen atoms in total. The van der Waals surface area contributed by atoms with Gasteiger partial charge in [-0.1, -0.05) is 47.7 Å². The fourth-order valence-electron chi connectivity index (χ4n) is 2.19. The molecule has 1 aliphatic heterocycles. The number of carbonyl (C=O) groups excluding carboxylic acids is 2. The Morgan fingerprint density at radius 2 is 2.20 bits per heavy atom. The maximum absolute atomic E-state index is 12.4.